The maximum atomic E-state index is 13.4. The number of para-hydroxylation sites is 2. The summed E-state index contributed by atoms with van der Waals surface area (Å²) >= 11 is 0. The van der Waals surface area contributed by atoms with E-state index < -0.39 is 15.9 Å². The molecule has 0 fully saturated rings. The van der Waals surface area contributed by atoms with Gasteiger partial charge in [0, 0.05) is 24.8 Å². The van der Waals surface area contributed by atoms with Gasteiger partial charge in [0.2, 0.25) is 0 Å². The van der Waals surface area contributed by atoms with Crippen LogP contribution in [-0.4, -0.2) is 27.9 Å². The molecule has 8 heteroatoms. The molecular weight excluding hydrogens is 426 g/mol. The second-order valence-electron chi connectivity index (χ2n) is 7.10. The first-order valence-electron chi connectivity index (χ1n) is 10.4. The fourth-order valence-corrected chi connectivity index (χ4v) is 4.27. The van der Waals surface area contributed by atoms with Gasteiger partial charge in [-0.2, -0.15) is 0 Å². The lowest BCUT2D eigenvalue weighted by Crippen LogP contribution is -2.21. The minimum atomic E-state index is -4.08. The van der Waals surface area contributed by atoms with E-state index in [1.807, 2.05) is 6.07 Å². The summed E-state index contributed by atoms with van der Waals surface area (Å²) in [5.41, 5.74) is 1.04. The highest BCUT2D eigenvalue weighted by Gasteiger charge is 2.26. The molecule has 0 saturated heterocycles. The molecule has 3 rings (SSSR count). The van der Waals surface area contributed by atoms with Crippen LogP contribution in [0.3, 0.4) is 0 Å². The van der Waals surface area contributed by atoms with Crippen LogP contribution in [0.15, 0.2) is 77.7 Å². The summed E-state index contributed by atoms with van der Waals surface area (Å²) in [5, 5.41) is 5.78. The number of unbranched alkanes of at least 4 members (excludes halogenated alkanes) is 1. The SMILES string of the molecule is CCCCNc1cc(C(=O)NC)cc(S(=O)(=O)Nc2ccccc2)c1Oc1ccccc1. The van der Waals surface area contributed by atoms with E-state index in [2.05, 4.69) is 22.3 Å². The lowest BCUT2D eigenvalue weighted by atomic mass is 10.1. The number of anilines is 2. The van der Waals surface area contributed by atoms with Crippen LogP contribution >= 0.6 is 0 Å². The van der Waals surface area contributed by atoms with Crippen molar-refractivity contribution >= 4 is 27.3 Å². The molecule has 3 aromatic rings. The minimum absolute atomic E-state index is 0.128. The summed E-state index contributed by atoms with van der Waals surface area (Å²) < 4.78 is 35.4. The highest BCUT2D eigenvalue weighted by atomic mass is 32.2. The topological polar surface area (TPSA) is 96.5 Å². The fourth-order valence-electron chi connectivity index (χ4n) is 3.04. The maximum absolute atomic E-state index is 13.4. The van der Waals surface area contributed by atoms with Gasteiger partial charge in [0.25, 0.3) is 15.9 Å². The Morgan fingerprint density at radius 2 is 1.62 bits per heavy atom. The minimum Gasteiger partial charge on any atom is -0.454 e. The van der Waals surface area contributed by atoms with Crippen LogP contribution in [0.5, 0.6) is 11.5 Å². The largest absolute Gasteiger partial charge is 0.454 e. The average molecular weight is 454 g/mol. The van der Waals surface area contributed by atoms with Gasteiger partial charge in [-0.1, -0.05) is 49.7 Å². The molecule has 0 unspecified atom stereocenters. The number of rotatable bonds is 10. The summed E-state index contributed by atoms with van der Waals surface area (Å²) in [6.45, 7) is 2.66. The summed E-state index contributed by atoms with van der Waals surface area (Å²) in [6, 6.07) is 20.4. The smallest absolute Gasteiger partial charge is 0.265 e. The van der Waals surface area contributed by atoms with E-state index >= 15 is 0 Å². The van der Waals surface area contributed by atoms with E-state index in [4.69, 9.17) is 4.74 Å². The first-order chi connectivity index (χ1) is 15.4. The van der Waals surface area contributed by atoms with E-state index in [9.17, 15) is 13.2 Å². The molecule has 32 heavy (non-hydrogen) atoms. The van der Waals surface area contributed by atoms with Crippen LogP contribution in [0.4, 0.5) is 11.4 Å². The Kier molecular flexibility index (Phi) is 7.72. The summed E-state index contributed by atoms with van der Waals surface area (Å²) in [7, 11) is -2.58. The molecule has 0 bridgehead atoms. The summed E-state index contributed by atoms with van der Waals surface area (Å²) in [5.74, 6) is 0.212. The van der Waals surface area contributed by atoms with Crippen molar-refractivity contribution in [2.75, 3.05) is 23.6 Å². The number of amides is 1. The number of hydrogen-bond donors (Lipinski definition) is 3. The molecule has 0 aromatic heterocycles. The molecule has 0 spiro atoms. The lowest BCUT2D eigenvalue weighted by Gasteiger charge is -2.19. The normalized spacial score (nSPS) is 10.9. The van der Waals surface area contributed by atoms with Crippen LogP contribution in [0.25, 0.3) is 0 Å². The predicted molar refractivity (Wildman–Crippen MR) is 127 cm³/mol. The standard InChI is InChI=1S/C24H27N3O4S/c1-3-4-15-26-21-16-18(24(28)25-2)17-22(23(21)31-20-13-9-6-10-14-20)32(29,30)27-19-11-7-5-8-12-19/h5-14,16-17,26-27H,3-4,15H2,1-2H3,(H,25,28). The van der Waals surface area contributed by atoms with Gasteiger partial charge < -0.3 is 15.4 Å². The summed E-state index contributed by atoms with van der Waals surface area (Å²) in [6.07, 6.45) is 1.83. The van der Waals surface area contributed by atoms with Crippen molar-refractivity contribution in [2.24, 2.45) is 0 Å². The number of nitrogens with one attached hydrogen (secondary N) is 3. The molecule has 7 nitrogen and oxygen atoms in total. The first kappa shape index (κ1) is 23.1. The highest BCUT2D eigenvalue weighted by Crippen LogP contribution is 2.38. The zero-order valence-corrected chi connectivity index (χ0v) is 18.9. The van der Waals surface area contributed by atoms with E-state index in [1.165, 1.54) is 13.1 Å². The third-order valence-electron chi connectivity index (χ3n) is 4.67. The summed E-state index contributed by atoms with van der Waals surface area (Å²) in [4.78, 5) is 12.3. The van der Waals surface area contributed by atoms with Gasteiger partial charge in [0.1, 0.15) is 10.6 Å². The molecule has 0 aliphatic carbocycles. The number of ether oxygens (including phenoxy) is 1. The Hall–Kier alpha value is -3.52. The molecule has 0 aliphatic rings. The third-order valence-corrected chi connectivity index (χ3v) is 6.06. The van der Waals surface area contributed by atoms with Gasteiger partial charge >= 0.3 is 0 Å². The lowest BCUT2D eigenvalue weighted by molar-refractivity contribution is 0.0963. The number of carbonyl (C=O) groups excluding carboxylic acids is 1. The molecule has 0 radical (unpaired) electrons. The van der Waals surface area contributed by atoms with Crippen molar-refractivity contribution < 1.29 is 17.9 Å². The Morgan fingerprint density at radius 1 is 0.969 bits per heavy atom. The molecule has 1 amide bonds. The van der Waals surface area contributed by atoms with Crippen molar-refractivity contribution in [3.8, 4) is 11.5 Å². The molecule has 168 valence electrons. The Morgan fingerprint density at radius 3 is 2.25 bits per heavy atom. The van der Waals surface area contributed by atoms with Crippen LogP contribution in [0.1, 0.15) is 30.1 Å². The van der Waals surface area contributed by atoms with E-state index in [-0.39, 0.29) is 16.2 Å². The van der Waals surface area contributed by atoms with Crippen molar-refractivity contribution in [1.82, 2.24) is 5.32 Å². The van der Waals surface area contributed by atoms with Crippen molar-refractivity contribution in [3.63, 3.8) is 0 Å². The molecule has 0 atom stereocenters. The second kappa shape index (κ2) is 10.7. The Labute approximate surface area is 188 Å². The van der Waals surface area contributed by atoms with E-state index in [0.717, 1.165) is 12.8 Å². The third kappa shape index (κ3) is 5.79. The monoisotopic (exact) mass is 453 g/mol. The van der Waals surface area contributed by atoms with Gasteiger partial charge in [0.15, 0.2) is 5.75 Å². The van der Waals surface area contributed by atoms with Crippen LogP contribution < -0.4 is 20.1 Å². The van der Waals surface area contributed by atoms with Crippen molar-refractivity contribution in [3.05, 3.63) is 78.4 Å². The molecule has 3 N–H and O–H groups in total. The Balaban J connectivity index is 2.15. The molecule has 0 saturated carbocycles. The fraction of sp³-hybridized carbons (Fsp3) is 0.208. The molecular formula is C24H27N3O4S. The van der Waals surface area contributed by atoms with Crippen LogP contribution in [0, 0.1) is 0 Å². The van der Waals surface area contributed by atoms with Crippen molar-refractivity contribution in [2.45, 2.75) is 24.7 Å². The average Bonchev–Trinajstić information content (AvgIpc) is 2.80. The quantitative estimate of drug-likeness (QED) is 0.381. The highest BCUT2D eigenvalue weighted by molar-refractivity contribution is 7.92. The van der Waals surface area contributed by atoms with Gasteiger partial charge in [-0.15, -0.1) is 0 Å². The van der Waals surface area contributed by atoms with E-state index in [1.54, 1.807) is 60.7 Å². The van der Waals surface area contributed by atoms with Crippen LogP contribution in [-0.2, 0) is 10.0 Å². The molecule has 0 heterocycles. The van der Waals surface area contributed by atoms with E-state index in [0.29, 0.717) is 23.7 Å². The number of sulfonamides is 1. The molecule has 0 aliphatic heterocycles. The first-order valence-corrected chi connectivity index (χ1v) is 11.9. The maximum Gasteiger partial charge on any atom is 0.265 e. The van der Waals surface area contributed by atoms with Gasteiger partial charge in [-0.25, -0.2) is 8.42 Å². The predicted octanol–water partition coefficient (Wildman–Crippen LogP) is 4.85. The number of benzene rings is 3. The molecule has 3 aromatic carbocycles. The van der Waals surface area contributed by atoms with Gasteiger partial charge in [0.05, 0.1) is 5.69 Å². The second-order valence-corrected chi connectivity index (χ2v) is 8.75. The van der Waals surface area contributed by atoms with Crippen molar-refractivity contribution in [1.29, 1.82) is 0 Å². The number of carbonyl (C=O) groups is 1. The zero-order chi connectivity index (χ0) is 23.0. The van der Waals surface area contributed by atoms with Crippen LogP contribution in [0.2, 0.25) is 0 Å². The number of hydrogen-bond acceptors (Lipinski definition) is 5. The zero-order valence-electron chi connectivity index (χ0n) is 18.1. The Bertz CT molecular complexity index is 1150. The van der Waals surface area contributed by atoms with Gasteiger partial charge in [-0.05, 0) is 42.8 Å². The van der Waals surface area contributed by atoms with Gasteiger partial charge in [-0.3, -0.25) is 9.52 Å².